The molecule has 31 heavy (non-hydrogen) atoms. The molecule has 0 heterocycles. The fourth-order valence-corrected chi connectivity index (χ4v) is 3.28. The molecule has 0 aliphatic carbocycles. The molecule has 2 aromatic carbocycles. The molecule has 2 amide bonds. The molecule has 0 radical (unpaired) electrons. The van der Waals surface area contributed by atoms with Gasteiger partial charge in [0.1, 0.15) is 6.04 Å². The van der Waals surface area contributed by atoms with E-state index in [0.717, 1.165) is 6.42 Å². The Morgan fingerprint density at radius 3 is 2.35 bits per heavy atom. The number of hydrogen-bond donors (Lipinski definition) is 1. The van der Waals surface area contributed by atoms with E-state index in [1.165, 1.54) is 29.2 Å². The summed E-state index contributed by atoms with van der Waals surface area (Å²) in [5, 5.41) is 14.6. The molecular formula is C23H28ClN3O4. The lowest BCUT2D eigenvalue weighted by Gasteiger charge is -2.34. The third-order valence-electron chi connectivity index (χ3n) is 4.56. The number of nitrogens with zero attached hydrogens (tertiary/aromatic N) is 2. The zero-order valence-electron chi connectivity index (χ0n) is 18.2. The summed E-state index contributed by atoms with van der Waals surface area (Å²) in [5.41, 5.74) is 0.0876. The van der Waals surface area contributed by atoms with E-state index in [2.05, 4.69) is 5.32 Å². The fourth-order valence-electron chi connectivity index (χ4n) is 3.15. The zero-order chi connectivity index (χ0) is 23.2. The number of amides is 2. The Kier molecular flexibility index (Phi) is 8.16. The summed E-state index contributed by atoms with van der Waals surface area (Å²) in [4.78, 5) is 38.9. The molecule has 1 N–H and O–H groups in total. The van der Waals surface area contributed by atoms with Crippen LogP contribution >= 0.6 is 11.6 Å². The van der Waals surface area contributed by atoms with Gasteiger partial charge in [0.25, 0.3) is 11.6 Å². The average molecular weight is 446 g/mol. The van der Waals surface area contributed by atoms with E-state index >= 15 is 0 Å². The van der Waals surface area contributed by atoms with Crippen LogP contribution in [0, 0.1) is 10.1 Å². The number of nitrogens with one attached hydrogen (secondary N) is 1. The maximum Gasteiger partial charge on any atom is 0.270 e. The molecular weight excluding hydrogens is 418 g/mol. The first-order valence-corrected chi connectivity index (χ1v) is 10.5. The molecule has 0 bridgehead atoms. The molecule has 0 saturated carbocycles. The lowest BCUT2D eigenvalue weighted by Crippen LogP contribution is -2.49. The number of halogens is 1. The Hall–Kier alpha value is -2.93. The van der Waals surface area contributed by atoms with Crippen molar-refractivity contribution in [3.05, 3.63) is 74.8 Å². The quantitative estimate of drug-likeness (QED) is 0.449. The van der Waals surface area contributed by atoms with Gasteiger partial charge in [-0.2, -0.15) is 0 Å². The lowest BCUT2D eigenvalue weighted by molar-refractivity contribution is -0.384. The number of carbonyl (C=O) groups is 2. The molecule has 0 aromatic heterocycles. The molecule has 8 heteroatoms. The second kappa shape index (κ2) is 10.4. The molecule has 166 valence electrons. The van der Waals surface area contributed by atoms with Gasteiger partial charge in [-0.05, 0) is 51.0 Å². The highest BCUT2D eigenvalue weighted by Crippen LogP contribution is 2.27. The summed E-state index contributed by atoms with van der Waals surface area (Å²) in [5.74, 6) is -0.772. The van der Waals surface area contributed by atoms with Crippen LogP contribution in [0.1, 0.15) is 62.5 Å². The van der Waals surface area contributed by atoms with Gasteiger partial charge < -0.3 is 10.2 Å². The molecule has 1 atom stereocenters. The summed E-state index contributed by atoms with van der Waals surface area (Å²) in [6.45, 7) is 7.90. The van der Waals surface area contributed by atoms with Crippen LogP contribution in [0.25, 0.3) is 0 Å². The van der Waals surface area contributed by atoms with Gasteiger partial charge in [0.2, 0.25) is 5.91 Å². The molecule has 0 saturated heterocycles. The molecule has 7 nitrogen and oxygen atoms in total. The van der Waals surface area contributed by atoms with Crippen LogP contribution in [0.2, 0.25) is 5.02 Å². The molecule has 2 rings (SSSR count). The molecule has 0 aliphatic heterocycles. The van der Waals surface area contributed by atoms with Gasteiger partial charge in [-0.25, -0.2) is 0 Å². The third kappa shape index (κ3) is 6.79. The maximum absolute atomic E-state index is 13.5. The second-order valence-electron chi connectivity index (χ2n) is 8.35. The first-order chi connectivity index (χ1) is 14.5. The predicted octanol–water partition coefficient (Wildman–Crippen LogP) is 5.15. The fraction of sp³-hybridized carbons (Fsp3) is 0.391. The number of non-ortho nitro benzene ring substituents is 1. The van der Waals surface area contributed by atoms with E-state index < -0.39 is 22.4 Å². The maximum atomic E-state index is 13.5. The minimum Gasteiger partial charge on any atom is -0.349 e. The normalized spacial score (nSPS) is 12.2. The van der Waals surface area contributed by atoms with Crippen molar-refractivity contribution in [2.24, 2.45) is 0 Å². The molecule has 2 aromatic rings. The predicted molar refractivity (Wildman–Crippen MR) is 121 cm³/mol. The minimum atomic E-state index is -0.908. The topological polar surface area (TPSA) is 92.6 Å². The van der Waals surface area contributed by atoms with Gasteiger partial charge in [0.15, 0.2) is 0 Å². The van der Waals surface area contributed by atoms with Gasteiger partial charge in [-0.1, -0.05) is 43.1 Å². The summed E-state index contributed by atoms with van der Waals surface area (Å²) in [6, 6.07) is 11.4. The minimum absolute atomic E-state index is 0.160. The van der Waals surface area contributed by atoms with Crippen molar-refractivity contribution in [3.8, 4) is 0 Å². The van der Waals surface area contributed by atoms with Crippen molar-refractivity contribution >= 4 is 29.1 Å². The SMILES string of the molecule is CCCCN(C(=O)c1cccc([N+](=O)[O-])c1)C(C(=O)NC(C)(C)C)c1ccc(Cl)cc1. The second-order valence-corrected chi connectivity index (χ2v) is 8.79. The highest BCUT2D eigenvalue weighted by atomic mass is 35.5. The number of nitro groups is 1. The van der Waals surface area contributed by atoms with Crippen molar-refractivity contribution < 1.29 is 14.5 Å². The van der Waals surface area contributed by atoms with Crippen molar-refractivity contribution in [3.63, 3.8) is 0 Å². The van der Waals surface area contributed by atoms with Crippen molar-refractivity contribution in [2.75, 3.05) is 6.54 Å². The van der Waals surface area contributed by atoms with Crippen LogP contribution in [0.3, 0.4) is 0 Å². The Bertz CT molecular complexity index is 939. The van der Waals surface area contributed by atoms with Crippen LogP contribution in [0.5, 0.6) is 0 Å². The van der Waals surface area contributed by atoms with Crippen LogP contribution < -0.4 is 5.32 Å². The number of benzene rings is 2. The first-order valence-electron chi connectivity index (χ1n) is 10.2. The van der Waals surface area contributed by atoms with Gasteiger partial charge in [0, 0.05) is 34.8 Å². The Morgan fingerprint density at radius 1 is 1.16 bits per heavy atom. The van der Waals surface area contributed by atoms with Crippen LogP contribution in [-0.4, -0.2) is 33.7 Å². The van der Waals surface area contributed by atoms with Crippen molar-refractivity contribution in [2.45, 2.75) is 52.1 Å². The van der Waals surface area contributed by atoms with Gasteiger partial charge >= 0.3 is 0 Å². The third-order valence-corrected chi connectivity index (χ3v) is 4.81. The Labute approximate surface area is 187 Å². The van der Waals surface area contributed by atoms with Gasteiger partial charge in [-0.3, -0.25) is 19.7 Å². The average Bonchev–Trinajstić information content (AvgIpc) is 2.70. The Morgan fingerprint density at radius 2 is 1.81 bits per heavy atom. The summed E-state index contributed by atoms with van der Waals surface area (Å²) in [6.07, 6.45) is 1.49. The first kappa shape index (κ1) is 24.3. The number of unbranched alkanes of at least 4 members (excludes halogenated alkanes) is 1. The highest BCUT2D eigenvalue weighted by Gasteiger charge is 2.33. The van der Waals surface area contributed by atoms with E-state index in [-0.39, 0.29) is 17.2 Å². The van der Waals surface area contributed by atoms with E-state index in [0.29, 0.717) is 23.6 Å². The number of carbonyl (C=O) groups excluding carboxylic acids is 2. The van der Waals surface area contributed by atoms with Gasteiger partial charge in [0.05, 0.1) is 4.92 Å². The van der Waals surface area contributed by atoms with Crippen LogP contribution in [0.4, 0.5) is 5.69 Å². The molecule has 0 aliphatic rings. The van der Waals surface area contributed by atoms with Crippen LogP contribution in [0.15, 0.2) is 48.5 Å². The van der Waals surface area contributed by atoms with E-state index in [9.17, 15) is 19.7 Å². The number of rotatable bonds is 8. The number of hydrogen-bond acceptors (Lipinski definition) is 4. The van der Waals surface area contributed by atoms with Crippen molar-refractivity contribution in [1.82, 2.24) is 10.2 Å². The highest BCUT2D eigenvalue weighted by molar-refractivity contribution is 6.30. The van der Waals surface area contributed by atoms with Crippen molar-refractivity contribution in [1.29, 1.82) is 0 Å². The summed E-state index contributed by atoms with van der Waals surface area (Å²) < 4.78 is 0. The van der Waals surface area contributed by atoms with E-state index in [1.807, 2.05) is 27.7 Å². The molecule has 0 spiro atoms. The van der Waals surface area contributed by atoms with E-state index in [4.69, 9.17) is 11.6 Å². The molecule has 0 fully saturated rings. The zero-order valence-corrected chi connectivity index (χ0v) is 19.0. The van der Waals surface area contributed by atoms with Gasteiger partial charge in [-0.15, -0.1) is 0 Å². The standard InChI is InChI=1S/C23H28ClN3O4/c1-5-6-14-26(22(29)17-8-7-9-19(15-17)27(30)31)20(21(28)25-23(2,3)4)16-10-12-18(24)13-11-16/h7-13,15,20H,5-6,14H2,1-4H3,(H,25,28). The Balaban J connectivity index is 2.55. The van der Waals surface area contributed by atoms with E-state index in [1.54, 1.807) is 24.3 Å². The smallest absolute Gasteiger partial charge is 0.270 e. The monoisotopic (exact) mass is 445 g/mol. The molecule has 1 unspecified atom stereocenters. The summed E-state index contributed by atoms with van der Waals surface area (Å²) >= 11 is 6.03. The lowest BCUT2D eigenvalue weighted by atomic mass is 10.00. The largest absolute Gasteiger partial charge is 0.349 e. The van der Waals surface area contributed by atoms with Crippen LogP contribution in [-0.2, 0) is 4.79 Å². The summed E-state index contributed by atoms with van der Waals surface area (Å²) in [7, 11) is 0. The number of nitro benzene ring substituents is 1.